The lowest BCUT2D eigenvalue weighted by atomic mass is 9.75. The third-order valence-electron chi connectivity index (χ3n) is 4.24. The van der Waals surface area contributed by atoms with Gasteiger partial charge in [-0.3, -0.25) is 4.98 Å². The van der Waals surface area contributed by atoms with Crippen LogP contribution in [0.1, 0.15) is 31.2 Å². The Bertz CT molecular complexity index is 428. The Morgan fingerprint density at radius 1 is 1.32 bits per heavy atom. The van der Waals surface area contributed by atoms with E-state index in [1.165, 1.54) is 18.4 Å². The van der Waals surface area contributed by atoms with Crippen LogP contribution in [0.15, 0.2) is 22.9 Å². The van der Waals surface area contributed by atoms with E-state index in [1.54, 1.807) is 0 Å². The lowest BCUT2D eigenvalue weighted by Crippen LogP contribution is -2.41. The van der Waals surface area contributed by atoms with Gasteiger partial charge in [0.05, 0.1) is 0 Å². The fourth-order valence-corrected chi connectivity index (χ4v) is 3.27. The maximum absolute atomic E-state index is 5.56. The zero-order valence-electron chi connectivity index (χ0n) is 11.2. The highest BCUT2D eigenvalue weighted by molar-refractivity contribution is 9.10. The first kappa shape index (κ1) is 13.5. The highest BCUT2D eigenvalue weighted by Crippen LogP contribution is 2.35. The molecule has 0 radical (unpaired) electrons. The quantitative estimate of drug-likeness (QED) is 0.904. The SMILES string of the molecule is Brc1cncc(CC2(CNC3CC3)CCOCC2)c1. The van der Waals surface area contributed by atoms with Crippen molar-refractivity contribution in [3.05, 3.63) is 28.5 Å². The van der Waals surface area contributed by atoms with Gasteiger partial charge in [-0.15, -0.1) is 0 Å². The Hall–Kier alpha value is -0.450. The molecular weight excluding hydrogens is 304 g/mol. The smallest absolute Gasteiger partial charge is 0.0471 e. The number of nitrogens with one attached hydrogen (secondary N) is 1. The summed E-state index contributed by atoms with van der Waals surface area (Å²) in [5.74, 6) is 0. The Labute approximate surface area is 123 Å². The van der Waals surface area contributed by atoms with Crippen LogP contribution in [0.25, 0.3) is 0 Å². The Balaban J connectivity index is 1.69. The number of aromatic nitrogens is 1. The summed E-state index contributed by atoms with van der Waals surface area (Å²) in [5.41, 5.74) is 1.68. The third kappa shape index (κ3) is 3.77. The van der Waals surface area contributed by atoms with Crippen LogP contribution < -0.4 is 5.32 Å². The number of ether oxygens (including phenoxy) is 1. The number of hydrogen-bond donors (Lipinski definition) is 1. The maximum atomic E-state index is 5.56. The minimum Gasteiger partial charge on any atom is -0.381 e. The van der Waals surface area contributed by atoms with Crippen molar-refractivity contribution in [3.8, 4) is 0 Å². The number of nitrogens with zero attached hydrogens (tertiary/aromatic N) is 1. The monoisotopic (exact) mass is 324 g/mol. The van der Waals surface area contributed by atoms with Crippen LogP contribution in [0.3, 0.4) is 0 Å². The van der Waals surface area contributed by atoms with E-state index < -0.39 is 0 Å². The second-order valence-electron chi connectivity index (χ2n) is 5.96. The fourth-order valence-electron chi connectivity index (χ4n) is 2.85. The molecule has 1 saturated heterocycles. The highest BCUT2D eigenvalue weighted by Gasteiger charge is 2.34. The molecule has 4 heteroatoms. The largest absolute Gasteiger partial charge is 0.381 e. The predicted octanol–water partition coefficient (Wildman–Crippen LogP) is 2.94. The molecule has 1 aliphatic carbocycles. The molecule has 2 fully saturated rings. The average Bonchev–Trinajstić information content (AvgIpc) is 3.22. The Morgan fingerprint density at radius 2 is 2.11 bits per heavy atom. The second-order valence-corrected chi connectivity index (χ2v) is 6.87. The van der Waals surface area contributed by atoms with Gasteiger partial charge >= 0.3 is 0 Å². The molecule has 0 spiro atoms. The molecule has 0 bridgehead atoms. The fraction of sp³-hybridized carbons (Fsp3) is 0.667. The van der Waals surface area contributed by atoms with Gasteiger partial charge in [0.2, 0.25) is 0 Å². The van der Waals surface area contributed by atoms with Gasteiger partial charge in [0.1, 0.15) is 0 Å². The lowest BCUT2D eigenvalue weighted by Gasteiger charge is -2.37. The molecule has 3 rings (SSSR count). The summed E-state index contributed by atoms with van der Waals surface area (Å²) in [6.07, 6.45) is 9.96. The standard InChI is InChI=1S/C15H21BrN2O/c16-13-7-12(9-17-10-13)8-15(3-5-19-6-4-15)11-18-14-1-2-14/h7,9-10,14,18H,1-6,8,11H2. The van der Waals surface area contributed by atoms with E-state index in [4.69, 9.17) is 4.74 Å². The minimum absolute atomic E-state index is 0.351. The number of rotatable bonds is 5. The molecular formula is C15H21BrN2O. The molecule has 1 aromatic heterocycles. The maximum Gasteiger partial charge on any atom is 0.0471 e. The summed E-state index contributed by atoms with van der Waals surface area (Å²) >= 11 is 3.51. The van der Waals surface area contributed by atoms with Crippen LogP contribution in [0.2, 0.25) is 0 Å². The van der Waals surface area contributed by atoms with Crippen molar-refractivity contribution in [2.75, 3.05) is 19.8 Å². The molecule has 0 unspecified atom stereocenters. The average molecular weight is 325 g/mol. The van der Waals surface area contributed by atoms with E-state index in [0.717, 1.165) is 49.5 Å². The summed E-state index contributed by atoms with van der Waals surface area (Å²) in [4.78, 5) is 4.29. The summed E-state index contributed by atoms with van der Waals surface area (Å²) in [5, 5.41) is 3.71. The lowest BCUT2D eigenvalue weighted by molar-refractivity contribution is 0.0147. The van der Waals surface area contributed by atoms with Crippen molar-refractivity contribution in [1.29, 1.82) is 0 Å². The minimum atomic E-state index is 0.351. The van der Waals surface area contributed by atoms with Crippen LogP contribution in [0, 0.1) is 5.41 Å². The number of pyridine rings is 1. The van der Waals surface area contributed by atoms with Gasteiger partial charge in [0.25, 0.3) is 0 Å². The van der Waals surface area contributed by atoms with Crippen LogP contribution in [0.5, 0.6) is 0 Å². The molecule has 1 aliphatic heterocycles. The van der Waals surface area contributed by atoms with Crippen molar-refractivity contribution in [1.82, 2.24) is 10.3 Å². The third-order valence-corrected chi connectivity index (χ3v) is 4.67. The zero-order valence-corrected chi connectivity index (χ0v) is 12.8. The van der Waals surface area contributed by atoms with Gasteiger partial charge < -0.3 is 10.1 Å². The summed E-state index contributed by atoms with van der Waals surface area (Å²) in [7, 11) is 0. The Morgan fingerprint density at radius 3 is 2.79 bits per heavy atom. The van der Waals surface area contributed by atoms with Crippen LogP contribution in [0.4, 0.5) is 0 Å². The number of halogens is 1. The first-order valence-electron chi connectivity index (χ1n) is 7.16. The van der Waals surface area contributed by atoms with Crippen molar-refractivity contribution in [3.63, 3.8) is 0 Å². The molecule has 0 atom stereocenters. The van der Waals surface area contributed by atoms with Crippen molar-refractivity contribution >= 4 is 15.9 Å². The highest BCUT2D eigenvalue weighted by atomic mass is 79.9. The molecule has 1 saturated carbocycles. The van der Waals surface area contributed by atoms with Gasteiger partial charge in [-0.2, -0.15) is 0 Å². The van der Waals surface area contributed by atoms with E-state index in [1.807, 2.05) is 12.4 Å². The van der Waals surface area contributed by atoms with Gasteiger partial charge in [-0.25, -0.2) is 0 Å². The van der Waals surface area contributed by atoms with E-state index >= 15 is 0 Å². The number of hydrogen-bond acceptors (Lipinski definition) is 3. The summed E-state index contributed by atoms with van der Waals surface area (Å²) in [6.45, 7) is 2.91. The molecule has 3 nitrogen and oxygen atoms in total. The zero-order chi connectivity index (χ0) is 13.1. The molecule has 0 aromatic carbocycles. The van der Waals surface area contributed by atoms with E-state index in [9.17, 15) is 0 Å². The van der Waals surface area contributed by atoms with Crippen LogP contribution >= 0.6 is 15.9 Å². The molecule has 2 aliphatic rings. The van der Waals surface area contributed by atoms with Crippen molar-refractivity contribution in [2.45, 2.75) is 38.1 Å². The summed E-state index contributed by atoms with van der Waals surface area (Å²) < 4.78 is 6.63. The van der Waals surface area contributed by atoms with Crippen molar-refractivity contribution < 1.29 is 4.74 Å². The predicted molar refractivity (Wildman–Crippen MR) is 79.2 cm³/mol. The van der Waals surface area contributed by atoms with E-state index in [2.05, 4.69) is 32.3 Å². The summed E-state index contributed by atoms with van der Waals surface area (Å²) in [6, 6.07) is 2.97. The van der Waals surface area contributed by atoms with Gasteiger partial charge in [0, 0.05) is 42.7 Å². The molecule has 19 heavy (non-hydrogen) atoms. The molecule has 0 amide bonds. The molecule has 104 valence electrons. The van der Waals surface area contributed by atoms with Crippen LogP contribution in [-0.2, 0) is 11.2 Å². The van der Waals surface area contributed by atoms with Gasteiger partial charge in [-0.05, 0) is 65.1 Å². The van der Waals surface area contributed by atoms with Gasteiger partial charge in [-0.1, -0.05) is 0 Å². The molecule has 1 N–H and O–H groups in total. The topological polar surface area (TPSA) is 34.2 Å². The van der Waals surface area contributed by atoms with Gasteiger partial charge in [0.15, 0.2) is 0 Å². The van der Waals surface area contributed by atoms with E-state index in [0.29, 0.717) is 5.41 Å². The van der Waals surface area contributed by atoms with E-state index in [-0.39, 0.29) is 0 Å². The van der Waals surface area contributed by atoms with Crippen molar-refractivity contribution in [2.24, 2.45) is 5.41 Å². The second kappa shape index (κ2) is 5.90. The first-order chi connectivity index (χ1) is 9.26. The molecule has 1 aromatic rings. The van der Waals surface area contributed by atoms with Crippen LogP contribution in [-0.4, -0.2) is 30.8 Å². The normalized spacial score (nSPS) is 22.4. The Kier molecular flexibility index (Phi) is 4.20. The first-order valence-corrected chi connectivity index (χ1v) is 7.96. The molecule has 2 heterocycles.